The van der Waals surface area contributed by atoms with Gasteiger partial charge < -0.3 is 14.9 Å². The number of anilines is 1. The molecule has 0 saturated carbocycles. The molecule has 1 atom stereocenters. The summed E-state index contributed by atoms with van der Waals surface area (Å²) >= 11 is 1.56. The van der Waals surface area contributed by atoms with Gasteiger partial charge in [0.25, 0.3) is 0 Å². The van der Waals surface area contributed by atoms with E-state index in [0.29, 0.717) is 60.8 Å². The van der Waals surface area contributed by atoms with Gasteiger partial charge in [-0.2, -0.15) is 4.98 Å². The second kappa shape index (κ2) is 8.57. The number of hydrogen-bond acceptors (Lipinski definition) is 5. The molecule has 3 aromatic rings. The number of piperazine rings is 1. The Morgan fingerprint density at radius 1 is 1.24 bits per heavy atom. The topological polar surface area (TPSA) is 78.7 Å². The molecule has 1 N–H and O–H groups in total. The van der Waals surface area contributed by atoms with Crippen LogP contribution in [0, 0.1) is 11.6 Å². The van der Waals surface area contributed by atoms with Crippen LogP contribution in [0.5, 0.6) is 0 Å². The minimum absolute atomic E-state index is 0.172. The molecule has 1 amide bonds. The number of carboxylic acid groups (broad SMARTS) is 1. The number of thioether (sulfide) groups is 1. The smallest absolute Gasteiger partial charge is 0.407 e. The fourth-order valence-corrected chi connectivity index (χ4v) is 6.19. The molecule has 34 heavy (non-hydrogen) atoms. The SMILES string of the molecule is CCc1cc2c(N3CCN(C(=O)O)CC3C)nc(=O)n3c2c(c1-c1ccc(F)cc1F)SCC3. The number of rotatable bonds is 3. The number of aromatic nitrogens is 2. The Kier molecular flexibility index (Phi) is 5.71. The second-order valence-corrected chi connectivity index (χ2v) is 9.71. The van der Waals surface area contributed by atoms with Gasteiger partial charge in [-0.05, 0) is 37.1 Å². The van der Waals surface area contributed by atoms with Crippen molar-refractivity contribution in [1.29, 1.82) is 0 Å². The molecule has 1 unspecified atom stereocenters. The van der Waals surface area contributed by atoms with Gasteiger partial charge in [0.15, 0.2) is 0 Å². The molecule has 2 aromatic carbocycles. The van der Waals surface area contributed by atoms with Crippen LogP contribution in [0.1, 0.15) is 19.4 Å². The lowest BCUT2D eigenvalue weighted by Gasteiger charge is -2.40. The lowest BCUT2D eigenvalue weighted by Crippen LogP contribution is -2.54. The van der Waals surface area contributed by atoms with E-state index in [4.69, 9.17) is 0 Å². The zero-order chi connectivity index (χ0) is 24.1. The van der Waals surface area contributed by atoms with Crippen molar-refractivity contribution in [3.05, 3.63) is 51.9 Å². The number of hydrogen-bond donors (Lipinski definition) is 1. The van der Waals surface area contributed by atoms with Crippen molar-refractivity contribution in [3.63, 3.8) is 0 Å². The van der Waals surface area contributed by atoms with Crippen molar-refractivity contribution >= 4 is 34.6 Å². The van der Waals surface area contributed by atoms with Crippen LogP contribution in [0.2, 0.25) is 0 Å². The van der Waals surface area contributed by atoms with Gasteiger partial charge in [0.05, 0.1) is 5.52 Å². The summed E-state index contributed by atoms with van der Waals surface area (Å²) in [5.41, 5.74) is 2.20. The Balaban J connectivity index is 1.77. The quantitative estimate of drug-likeness (QED) is 0.598. The number of aryl methyl sites for hydroxylation is 2. The minimum atomic E-state index is -0.966. The highest BCUT2D eigenvalue weighted by atomic mass is 32.2. The van der Waals surface area contributed by atoms with E-state index >= 15 is 0 Å². The highest BCUT2D eigenvalue weighted by molar-refractivity contribution is 7.99. The van der Waals surface area contributed by atoms with Gasteiger partial charge in [-0.3, -0.25) is 4.57 Å². The molecule has 0 bridgehead atoms. The van der Waals surface area contributed by atoms with Crippen LogP contribution in [-0.4, -0.2) is 57.1 Å². The third-order valence-electron chi connectivity index (χ3n) is 6.59. The van der Waals surface area contributed by atoms with E-state index in [-0.39, 0.29) is 11.7 Å². The first kappa shape index (κ1) is 22.6. The molecule has 1 aromatic heterocycles. The molecule has 0 radical (unpaired) electrons. The summed E-state index contributed by atoms with van der Waals surface area (Å²) < 4.78 is 30.2. The Bertz CT molecular complexity index is 1380. The van der Waals surface area contributed by atoms with Crippen LogP contribution < -0.4 is 10.6 Å². The standard InChI is InChI=1S/C24H24F2N4O3S/c1-3-14-10-17-20-21(19(14)16-5-4-15(25)11-18(16)26)34-9-8-30(20)23(31)27-22(17)29-7-6-28(24(32)33)12-13(29)2/h4-5,10-11,13H,3,6-9,12H2,1-2H3,(H,32,33). The third kappa shape index (κ3) is 3.60. The van der Waals surface area contributed by atoms with E-state index in [1.54, 1.807) is 16.3 Å². The van der Waals surface area contributed by atoms with E-state index in [1.807, 2.05) is 24.8 Å². The summed E-state index contributed by atoms with van der Waals surface area (Å²) in [6, 6.07) is 5.37. The molecule has 3 heterocycles. The van der Waals surface area contributed by atoms with E-state index in [1.165, 1.54) is 17.0 Å². The molecule has 178 valence electrons. The second-order valence-electron chi connectivity index (χ2n) is 8.60. The number of amides is 1. The number of carbonyl (C=O) groups is 1. The molecule has 0 spiro atoms. The minimum Gasteiger partial charge on any atom is -0.465 e. The molecule has 2 aliphatic heterocycles. The lowest BCUT2D eigenvalue weighted by molar-refractivity contribution is 0.136. The summed E-state index contributed by atoms with van der Waals surface area (Å²) in [6.45, 7) is 5.41. The highest BCUT2D eigenvalue weighted by Crippen LogP contribution is 2.45. The fourth-order valence-electron chi connectivity index (χ4n) is 4.96. The Morgan fingerprint density at radius 2 is 2.03 bits per heavy atom. The fraction of sp³-hybridized carbons (Fsp3) is 0.375. The van der Waals surface area contributed by atoms with Crippen molar-refractivity contribution in [3.8, 4) is 11.1 Å². The first-order valence-corrected chi connectivity index (χ1v) is 12.2. The van der Waals surface area contributed by atoms with Crippen LogP contribution in [0.4, 0.5) is 19.4 Å². The summed E-state index contributed by atoms with van der Waals surface area (Å²) in [4.78, 5) is 33.1. The summed E-state index contributed by atoms with van der Waals surface area (Å²) in [5, 5.41) is 10.2. The van der Waals surface area contributed by atoms with Gasteiger partial charge in [0.1, 0.15) is 17.5 Å². The molecular weight excluding hydrogens is 462 g/mol. The number of halogens is 2. The van der Waals surface area contributed by atoms with E-state index in [0.717, 1.165) is 21.9 Å². The maximum Gasteiger partial charge on any atom is 0.407 e. The van der Waals surface area contributed by atoms with E-state index in [2.05, 4.69) is 4.98 Å². The van der Waals surface area contributed by atoms with Crippen molar-refractivity contribution in [1.82, 2.24) is 14.5 Å². The first-order valence-electron chi connectivity index (χ1n) is 11.2. The van der Waals surface area contributed by atoms with E-state index < -0.39 is 17.7 Å². The molecular formula is C24H24F2N4O3S. The maximum atomic E-state index is 14.9. The van der Waals surface area contributed by atoms with Crippen LogP contribution in [0.15, 0.2) is 34.0 Å². The molecule has 5 rings (SSSR count). The van der Waals surface area contributed by atoms with Crippen molar-refractivity contribution in [2.24, 2.45) is 0 Å². The van der Waals surface area contributed by atoms with Crippen LogP contribution in [-0.2, 0) is 13.0 Å². The number of benzene rings is 2. The van der Waals surface area contributed by atoms with Crippen molar-refractivity contribution in [2.45, 2.75) is 37.8 Å². The average Bonchev–Trinajstić information content (AvgIpc) is 2.81. The normalized spacial score (nSPS) is 17.9. The maximum absolute atomic E-state index is 14.9. The largest absolute Gasteiger partial charge is 0.465 e. The van der Waals surface area contributed by atoms with Gasteiger partial charge in [-0.1, -0.05) is 6.92 Å². The van der Waals surface area contributed by atoms with E-state index in [9.17, 15) is 23.5 Å². The molecule has 2 aliphatic rings. The van der Waals surface area contributed by atoms with Gasteiger partial charge in [-0.25, -0.2) is 18.4 Å². The first-order chi connectivity index (χ1) is 16.3. The van der Waals surface area contributed by atoms with Crippen LogP contribution >= 0.6 is 11.8 Å². The summed E-state index contributed by atoms with van der Waals surface area (Å²) in [5.74, 6) is -0.115. The van der Waals surface area contributed by atoms with Crippen molar-refractivity contribution in [2.75, 3.05) is 30.3 Å². The molecule has 0 aliphatic carbocycles. The zero-order valence-electron chi connectivity index (χ0n) is 18.8. The Labute approximate surface area is 199 Å². The number of nitrogens with zero attached hydrogens (tertiary/aromatic N) is 4. The monoisotopic (exact) mass is 486 g/mol. The molecule has 1 saturated heterocycles. The van der Waals surface area contributed by atoms with Crippen LogP contribution in [0.25, 0.3) is 22.0 Å². The van der Waals surface area contributed by atoms with Crippen molar-refractivity contribution < 1.29 is 18.7 Å². The zero-order valence-corrected chi connectivity index (χ0v) is 19.7. The molecule has 1 fully saturated rings. The van der Waals surface area contributed by atoms with Gasteiger partial charge in [-0.15, -0.1) is 11.8 Å². The predicted molar refractivity (Wildman–Crippen MR) is 128 cm³/mol. The van der Waals surface area contributed by atoms with Gasteiger partial charge in [0.2, 0.25) is 0 Å². The average molecular weight is 487 g/mol. The third-order valence-corrected chi connectivity index (χ3v) is 7.67. The summed E-state index contributed by atoms with van der Waals surface area (Å²) in [7, 11) is 0. The Morgan fingerprint density at radius 3 is 2.71 bits per heavy atom. The summed E-state index contributed by atoms with van der Waals surface area (Å²) in [6.07, 6.45) is -0.358. The Hall–Kier alpha value is -3.14. The lowest BCUT2D eigenvalue weighted by atomic mass is 9.94. The van der Waals surface area contributed by atoms with Gasteiger partial charge >= 0.3 is 11.8 Å². The molecule has 7 nitrogen and oxygen atoms in total. The van der Waals surface area contributed by atoms with Crippen LogP contribution in [0.3, 0.4) is 0 Å². The molecule has 10 heteroatoms. The predicted octanol–water partition coefficient (Wildman–Crippen LogP) is 4.20. The van der Waals surface area contributed by atoms with Gasteiger partial charge in [0, 0.05) is 65.4 Å². The highest BCUT2D eigenvalue weighted by Gasteiger charge is 2.31.